The monoisotopic (exact) mass is 593 g/mol. The number of thioether (sulfide) groups is 1. The maximum atomic E-state index is 13.4. The smallest absolute Gasteiger partial charge is 0.272 e. The molecule has 43 heavy (non-hydrogen) atoms. The number of amides is 4. The van der Waals surface area contributed by atoms with Gasteiger partial charge in [0.05, 0.1) is 31.2 Å². The van der Waals surface area contributed by atoms with Gasteiger partial charge in [-0.15, -0.1) is 11.8 Å². The van der Waals surface area contributed by atoms with Crippen molar-refractivity contribution in [2.45, 2.75) is 4.90 Å². The van der Waals surface area contributed by atoms with Gasteiger partial charge in [-0.05, 0) is 72.8 Å². The summed E-state index contributed by atoms with van der Waals surface area (Å²) in [4.78, 5) is 53.7. The van der Waals surface area contributed by atoms with E-state index < -0.39 is 11.8 Å². The third kappa shape index (κ3) is 6.60. The number of methoxy groups -OCH3 is 2. The highest BCUT2D eigenvalue weighted by Gasteiger charge is 2.34. The Hall–Kier alpha value is -5.35. The molecule has 1 aliphatic rings. The highest BCUT2D eigenvalue weighted by Crippen LogP contribution is 2.29. The minimum Gasteiger partial charge on any atom is -0.497 e. The average Bonchev–Trinajstić information content (AvgIpc) is 3.29. The van der Waals surface area contributed by atoms with E-state index in [-0.39, 0.29) is 23.4 Å². The van der Waals surface area contributed by atoms with Gasteiger partial charge in [0, 0.05) is 21.7 Å². The molecule has 0 saturated heterocycles. The fraction of sp³-hybridized carbons (Fsp3) is 0.0909. The van der Waals surface area contributed by atoms with Crippen LogP contribution in [0.4, 0.5) is 5.69 Å². The van der Waals surface area contributed by atoms with E-state index in [0.717, 1.165) is 4.90 Å². The lowest BCUT2D eigenvalue weighted by molar-refractivity contribution is -0.113. The lowest BCUT2D eigenvalue weighted by atomic mass is 10.1. The Kier molecular flexibility index (Phi) is 8.88. The van der Waals surface area contributed by atoms with Crippen molar-refractivity contribution in [2.24, 2.45) is 0 Å². The summed E-state index contributed by atoms with van der Waals surface area (Å²) in [5, 5.41) is 5.52. The van der Waals surface area contributed by atoms with Crippen LogP contribution in [0.15, 0.2) is 108 Å². The minimum absolute atomic E-state index is 0.00974. The first-order chi connectivity index (χ1) is 20.9. The van der Waals surface area contributed by atoms with Crippen LogP contribution in [0.3, 0.4) is 0 Å². The number of nitrogens with one attached hydrogen (secondary N) is 2. The zero-order chi connectivity index (χ0) is 30.3. The van der Waals surface area contributed by atoms with Gasteiger partial charge in [-0.25, -0.2) is 0 Å². The number of rotatable bonds is 10. The molecule has 0 saturated carbocycles. The molecule has 5 rings (SSSR count). The molecule has 9 nitrogen and oxygen atoms in total. The summed E-state index contributed by atoms with van der Waals surface area (Å²) in [6.45, 7) is 0. The Morgan fingerprint density at radius 3 is 2.09 bits per heavy atom. The van der Waals surface area contributed by atoms with Gasteiger partial charge in [-0.2, -0.15) is 0 Å². The van der Waals surface area contributed by atoms with Gasteiger partial charge in [-0.1, -0.05) is 30.3 Å². The molecule has 0 radical (unpaired) electrons. The molecule has 0 unspecified atom stereocenters. The van der Waals surface area contributed by atoms with E-state index in [1.807, 2.05) is 0 Å². The van der Waals surface area contributed by atoms with Crippen LogP contribution < -0.4 is 20.1 Å². The van der Waals surface area contributed by atoms with Gasteiger partial charge in [0.15, 0.2) is 0 Å². The molecule has 0 atom stereocenters. The molecule has 1 heterocycles. The van der Waals surface area contributed by atoms with Gasteiger partial charge in [0.1, 0.15) is 17.2 Å². The summed E-state index contributed by atoms with van der Waals surface area (Å²) in [5.41, 5.74) is 2.19. The maximum absolute atomic E-state index is 13.4. The van der Waals surface area contributed by atoms with Gasteiger partial charge < -0.3 is 20.1 Å². The summed E-state index contributed by atoms with van der Waals surface area (Å²) in [7, 11) is 3.04. The topological polar surface area (TPSA) is 114 Å². The SMILES string of the molecule is COc1ccc(OC)c(/C=C(\NC(=O)c2ccccc2)C(=O)Nc2ccc(SCN3C(=O)c4ccccc4C3=O)cc2)c1. The largest absolute Gasteiger partial charge is 0.497 e. The number of fused-ring (bicyclic) bond motifs is 1. The second kappa shape index (κ2) is 13.1. The van der Waals surface area contributed by atoms with E-state index in [4.69, 9.17) is 9.47 Å². The highest BCUT2D eigenvalue weighted by molar-refractivity contribution is 7.99. The third-order valence-electron chi connectivity index (χ3n) is 6.62. The van der Waals surface area contributed by atoms with Gasteiger partial charge >= 0.3 is 0 Å². The van der Waals surface area contributed by atoms with Crippen LogP contribution in [0.25, 0.3) is 6.08 Å². The first-order valence-electron chi connectivity index (χ1n) is 13.2. The first-order valence-corrected chi connectivity index (χ1v) is 14.2. The molecular weight excluding hydrogens is 566 g/mol. The predicted molar refractivity (Wildman–Crippen MR) is 164 cm³/mol. The van der Waals surface area contributed by atoms with Crippen LogP contribution >= 0.6 is 11.8 Å². The summed E-state index contributed by atoms with van der Waals surface area (Å²) in [6.07, 6.45) is 1.52. The van der Waals surface area contributed by atoms with Gasteiger partial charge in [-0.3, -0.25) is 24.1 Å². The second-order valence-corrected chi connectivity index (χ2v) is 10.3. The maximum Gasteiger partial charge on any atom is 0.272 e. The number of nitrogens with zero attached hydrogens (tertiary/aromatic N) is 1. The molecule has 10 heteroatoms. The van der Waals surface area contributed by atoms with Crippen LogP contribution in [0.5, 0.6) is 11.5 Å². The van der Waals surface area contributed by atoms with E-state index in [9.17, 15) is 19.2 Å². The van der Waals surface area contributed by atoms with Gasteiger partial charge in [0.2, 0.25) is 0 Å². The normalized spacial score (nSPS) is 12.5. The number of carbonyl (C=O) groups is 4. The van der Waals surface area contributed by atoms with Crippen molar-refractivity contribution in [1.82, 2.24) is 10.2 Å². The standard InChI is InChI=1S/C33H27N3O6S/c1-41-24-14-17-29(42-2)22(18-24)19-28(35-30(37)21-8-4-3-5-9-21)31(38)34-23-12-15-25(16-13-23)43-20-36-32(39)26-10-6-7-11-27(26)33(36)40/h3-19H,20H2,1-2H3,(H,34,38)(H,35,37)/b28-19-. The first kappa shape index (κ1) is 29.2. The van der Waals surface area contributed by atoms with E-state index in [1.54, 1.807) is 97.1 Å². The molecule has 0 bridgehead atoms. The summed E-state index contributed by atoms with van der Waals surface area (Å²) >= 11 is 1.32. The predicted octanol–water partition coefficient (Wildman–Crippen LogP) is 5.46. The Bertz CT molecular complexity index is 1690. The molecule has 1 aliphatic heterocycles. The average molecular weight is 594 g/mol. The van der Waals surface area contributed by atoms with Gasteiger partial charge in [0.25, 0.3) is 23.6 Å². The number of ether oxygens (including phenoxy) is 2. The number of hydrogen-bond acceptors (Lipinski definition) is 7. The molecule has 0 spiro atoms. The summed E-state index contributed by atoms with van der Waals surface area (Å²) in [5.74, 6) is -0.457. The lowest BCUT2D eigenvalue weighted by Gasteiger charge is -2.14. The Morgan fingerprint density at radius 2 is 1.47 bits per heavy atom. The quantitative estimate of drug-likeness (QED) is 0.143. The molecule has 0 aromatic heterocycles. The number of benzene rings is 4. The van der Waals surface area contributed by atoms with Crippen molar-refractivity contribution < 1.29 is 28.7 Å². The van der Waals surface area contributed by atoms with Crippen LogP contribution in [-0.2, 0) is 4.79 Å². The molecule has 0 fully saturated rings. The molecule has 0 aliphatic carbocycles. The molecule has 4 amide bonds. The van der Waals surface area contributed by atoms with Crippen molar-refractivity contribution in [1.29, 1.82) is 0 Å². The van der Waals surface area contributed by atoms with Crippen molar-refractivity contribution in [3.63, 3.8) is 0 Å². The minimum atomic E-state index is -0.555. The Morgan fingerprint density at radius 1 is 0.814 bits per heavy atom. The van der Waals surface area contributed by atoms with Crippen LogP contribution in [-0.4, -0.2) is 48.6 Å². The molecule has 4 aromatic rings. The van der Waals surface area contributed by atoms with Crippen LogP contribution in [0, 0.1) is 0 Å². The molecular formula is C33H27N3O6S. The van der Waals surface area contributed by atoms with E-state index >= 15 is 0 Å². The van der Waals surface area contributed by atoms with Crippen molar-refractivity contribution in [3.8, 4) is 11.5 Å². The molecule has 216 valence electrons. The Balaban J connectivity index is 1.31. The summed E-state index contributed by atoms with van der Waals surface area (Å²) < 4.78 is 10.8. The number of hydrogen-bond donors (Lipinski definition) is 2. The Labute approximate surface area is 252 Å². The fourth-order valence-corrected chi connectivity index (χ4v) is 5.22. The van der Waals surface area contributed by atoms with Crippen LogP contribution in [0.1, 0.15) is 36.6 Å². The van der Waals surface area contributed by atoms with Crippen molar-refractivity contribution in [3.05, 3.63) is 125 Å². The zero-order valence-electron chi connectivity index (χ0n) is 23.3. The van der Waals surface area contributed by atoms with Crippen LogP contribution in [0.2, 0.25) is 0 Å². The lowest BCUT2D eigenvalue weighted by Crippen LogP contribution is -2.30. The third-order valence-corrected chi connectivity index (χ3v) is 7.61. The molecule has 4 aromatic carbocycles. The number of anilines is 1. The van der Waals surface area contributed by atoms with Crippen molar-refractivity contribution >= 4 is 47.2 Å². The summed E-state index contributed by atoms with van der Waals surface area (Å²) in [6, 6.07) is 27.4. The number of carbonyl (C=O) groups excluding carboxylic acids is 4. The van der Waals surface area contributed by atoms with Crippen molar-refractivity contribution in [2.75, 3.05) is 25.4 Å². The zero-order valence-corrected chi connectivity index (χ0v) is 24.1. The van der Waals surface area contributed by atoms with E-state index in [2.05, 4.69) is 10.6 Å². The fourth-order valence-electron chi connectivity index (χ4n) is 4.38. The highest BCUT2D eigenvalue weighted by atomic mass is 32.2. The van der Waals surface area contributed by atoms with E-state index in [1.165, 1.54) is 37.0 Å². The molecule has 2 N–H and O–H groups in total. The van der Waals surface area contributed by atoms with E-state index in [0.29, 0.717) is 39.4 Å². The number of imide groups is 1. The second-order valence-electron chi connectivity index (χ2n) is 9.32.